The lowest BCUT2D eigenvalue weighted by atomic mass is 9.79. The molecule has 0 saturated heterocycles. The van der Waals surface area contributed by atoms with Crippen LogP contribution in [0, 0.1) is 18.3 Å². The van der Waals surface area contributed by atoms with Gasteiger partial charge in [0.05, 0.1) is 48.1 Å². The van der Waals surface area contributed by atoms with Crippen molar-refractivity contribution in [3.63, 3.8) is 0 Å². The van der Waals surface area contributed by atoms with Crippen LogP contribution in [0.25, 0.3) is 0 Å². The maximum absolute atomic E-state index is 12.5. The molecule has 1 aliphatic heterocycles. The quantitative estimate of drug-likeness (QED) is 0.773. The van der Waals surface area contributed by atoms with E-state index < -0.39 is 11.9 Å². The maximum Gasteiger partial charge on any atom is 0.334 e. The Morgan fingerprint density at radius 3 is 2.63 bits per heavy atom. The van der Waals surface area contributed by atoms with Gasteiger partial charge in [0, 0.05) is 24.0 Å². The summed E-state index contributed by atoms with van der Waals surface area (Å²) in [6.45, 7) is 8.62. The number of aromatic nitrogens is 1. The summed E-state index contributed by atoms with van der Waals surface area (Å²) in [6.07, 6.45) is 1.75. The van der Waals surface area contributed by atoms with Crippen molar-refractivity contribution in [1.29, 1.82) is 5.26 Å². The van der Waals surface area contributed by atoms with Crippen molar-refractivity contribution in [2.75, 3.05) is 25.2 Å². The van der Waals surface area contributed by atoms with Gasteiger partial charge in [-0.1, -0.05) is 6.07 Å². The number of rotatable bonds is 6. The van der Waals surface area contributed by atoms with Crippen LogP contribution >= 0.6 is 0 Å². The second kappa shape index (κ2) is 8.46. The second-order valence-electron chi connectivity index (χ2n) is 6.99. The normalized spacial score (nSPS) is 15.5. The van der Waals surface area contributed by atoms with Gasteiger partial charge in [-0.3, -0.25) is 0 Å². The molecule has 2 heterocycles. The topological polar surface area (TPSA) is 95.7 Å². The molecule has 0 radical (unpaired) electrons. The zero-order chi connectivity index (χ0) is 22.0. The number of aliphatic carboxylic acids is 1. The number of benzene rings is 1. The van der Waals surface area contributed by atoms with Crippen LogP contribution in [0.1, 0.15) is 48.9 Å². The van der Waals surface area contributed by atoms with Crippen molar-refractivity contribution in [2.24, 2.45) is 0 Å². The van der Waals surface area contributed by atoms with E-state index in [0.717, 1.165) is 11.3 Å². The number of fused-ring (bicyclic) bond motifs is 1. The molecule has 7 heteroatoms. The second-order valence-corrected chi connectivity index (χ2v) is 6.99. The van der Waals surface area contributed by atoms with E-state index in [1.807, 2.05) is 32.6 Å². The van der Waals surface area contributed by atoms with Crippen LogP contribution in [-0.2, 0) is 4.79 Å². The van der Waals surface area contributed by atoms with E-state index in [1.165, 1.54) is 7.11 Å². The van der Waals surface area contributed by atoms with Crippen LogP contribution in [0.4, 0.5) is 5.69 Å². The summed E-state index contributed by atoms with van der Waals surface area (Å²) >= 11 is 0. The van der Waals surface area contributed by atoms with Crippen molar-refractivity contribution in [3.05, 3.63) is 57.9 Å². The summed E-state index contributed by atoms with van der Waals surface area (Å²) in [6, 6.07) is 7.14. The molecule has 3 rings (SSSR count). The van der Waals surface area contributed by atoms with Crippen molar-refractivity contribution in [3.8, 4) is 17.7 Å². The molecule has 0 saturated carbocycles. The van der Waals surface area contributed by atoms with E-state index in [0.29, 0.717) is 47.2 Å². The van der Waals surface area contributed by atoms with Crippen molar-refractivity contribution < 1.29 is 19.4 Å². The number of allylic oxidation sites excluding steroid dienone is 1. The number of hydrogen-bond acceptors (Lipinski definition) is 6. The van der Waals surface area contributed by atoms with E-state index in [4.69, 9.17) is 9.47 Å². The summed E-state index contributed by atoms with van der Waals surface area (Å²) < 4.78 is 11.4. The smallest absolute Gasteiger partial charge is 0.334 e. The molecule has 30 heavy (non-hydrogen) atoms. The molecule has 0 fully saturated rings. The molecule has 1 aromatic carbocycles. The molecular formula is C23H25N3O4. The number of aryl methyl sites for hydroxylation is 1. The van der Waals surface area contributed by atoms with Crippen molar-refractivity contribution in [1.82, 2.24) is 4.98 Å². The molecule has 2 aromatic rings. The van der Waals surface area contributed by atoms with E-state index >= 15 is 0 Å². The standard InChI is InChI=1S/C23H25N3O4/c1-6-26-14(4)18(23(27)28)19(16-9-8-15(11-24)10-17(16)29-5)20-21(26)13(3)12-25-22(20)30-7-2/h8-10,12,19H,6-7H2,1-5H3,(H,27,28). The monoisotopic (exact) mass is 407 g/mol. The third-order valence-electron chi connectivity index (χ3n) is 5.38. The largest absolute Gasteiger partial charge is 0.496 e. The van der Waals surface area contributed by atoms with E-state index in [2.05, 4.69) is 11.1 Å². The average molecular weight is 407 g/mol. The number of anilines is 1. The number of nitrogens with zero attached hydrogens (tertiary/aromatic N) is 3. The Kier molecular flexibility index (Phi) is 5.97. The van der Waals surface area contributed by atoms with Crippen LogP contribution < -0.4 is 14.4 Å². The molecule has 1 N–H and O–H groups in total. The first-order chi connectivity index (χ1) is 14.4. The zero-order valence-corrected chi connectivity index (χ0v) is 17.8. The van der Waals surface area contributed by atoms with Gasteiger partial charge in [-0.2, -0.15) is 5.26 Å². The minimum absolute atomic E-state index is 0.237. The Balaban J connectivity index is 2.44. The summed E-state index contributed by atoms with van der Waals surface area (Å²) in [5.74, 6) is -0.821. The zero-order valence-electron chi connectivity index (χ0n) is 17.8. The molecule has 0 aliphatic carbocycles. The van der Waals surface area contributed by atoms with Gasteiger partial charge in [0.2, 0.25) is 5.88 Å². The highest BCUT2D eigenvalue weighted by atomic mass is 16.5. The molecule has 1 unspecified atom stereocenters. The molecule has 1 aliphatic rings. The number of pyridine rings is 1. The van der Waals surface area contributed by atoms with Gasteiger partial charge < -0.3 is 19.5 Å². The lowest BCUT2D eigenvalue weighted by molar-refractivity contribution is -0.133. The lowest BCUT2D eigenvalue weighted by Crippen LogP contribution is -2.33. The van der Waals surface area contributed by atoms with Crippen LogP contribution in [0.2, 0.25) is 0 Å². The third kappa shape index (κ3) is 3.35. The fraction of sp³-hybridized carbons (Fsp3) is 0.348. The first-order valence-electron chi connectivity index (χ1n) is 9.81. The predicted octanol–water partition coefficient (Wildman–Crippen LogP) is 4.00. The number of nitriles is 1. The van der Waals surface area contributed by atoms with E-state index in [-0.39, 0.29) is 5.57 Å². The molecule has 156 valence electrons. The SMILES string of the molecule is CCOc1ncc(C)c2c1C(c1ccc(C#N)cc1OC)C(C(=O)O)=C(C)N2CC. The molecule has 1 aromatic heterocycles. The van der Waals surface area contributed by atoms with Crippen LogP contribution in [0.3, 0.4) is 0 Å². The summed E-state index contributed by atoms with van der Waals surface area (Å²) in [4.78, 5) is 18.9. The molecule has 0 amide bonds. The number of methoxy groups -OCH3 is 1. The Morgan fingerprint density at radius 1 is 1.33 bits per heavy atom. The molecule has 1 atom stereocenters. The first-order valence-corrected chi connectivity index (χ1v) is 9.81. The molecular weight excluding hydrogens is 382 g/mol. The summed E-state index contributed by atoms with van der Waals surface area (Å²) in [5.41, 5.74) is 4.51. The minimum Gasteiger partial charge on any atom is -0.496 e. The minimum atomic E-state index is -1.02. The molecule has 7 nitrogen and oxygen atoms in total. The van der Waals surface area contributed by atoms with Crippen LogP contribution in [-0.4, -0.2) is 36.3 Å². The Morgan fingerprint density at radius 2 is 2.07 bits per heavy atom. The van der Waals surface area contributed by atoms with Gasteiger partial charge in [0.1, 0.15) is 5.75 Å². The number of carboxylic acid groups (broad SMARTS) is 1. The van der Waals surface area contributed by atoms with Gasteiger partial charge in [-0.15, -0.1) is 0 Å². The van der Waals surface area contributed by atoms with Gasteiger partial charge in [-0.25, -0.2) is 9.78 Å². The molecule has 0 spiro atoms. The van der Waals surface area contributed by atoms with E-state index in [1.54, 1.807) is 24.4 Å². The van der Waals surface area contributed by atoms with Crippen LogP contribution in [0.5, 0.6) is 11.6 Å². The molecule has 0 bridgehead atoms. The number of ether oxygens (including phenoxy) is 2. The van der Waals surface area contributed by atoms with Crippen LogP contribution in [0.15, 0.2) is 35.7 Å². The van der Waals surface area contributed by atoms with E-state index in [9.17, 15) is 15.2 Å². The number of hydrogen-bond donors (Lipinski definition) is 1. The third-order valence-corrected chi connectivity index (χ3v) is 5.38. The number of carboxylic acids is 1. The fourth-order valence-corrected chi connectivity index (χ4v) is 4.14. The van der Waals surface area contributed by atoms with Gasteiger partial charge >= 0.3 is 5.97 Å². The highest BCUT2D eigenvalue weighted by molar-refractivity contribution is 5.94. The number of carbonyl (C=O) groups is 1. The van der Waals surface area contributed by atoms with Gasteiger partial charge in [0.25, 0.3) is 0 Å². The lowest BCUT2D eigenvalue weighted by Gasteiger charge is -2.38. The predicted molar refractivity (Wildman–Crippen MR) is 113 cm³/mol. The maximum atomic E-state index is 12.5. The van der Waals surface area contributed by atoms with Gasteiger partial charge in [0.15, 0.2) is 0 Å². The summed E-state index contributed by atoms with van der Waals surface area (Å²) in [7, 11) is 1.51. The first kappa shape index (κ1) is 21.2. The van der Waals surface area contributed by atoms with Crippen molar-refractivity contribution in [2.45, 2.75) is 33.6 Å². The Bertz CT molecular complexity index is 1070. The Hall–Kier alpha value is -3.53. The summed E-state index contributed by atoms with van der Waals surface area (Å²) in [5, 5.41) is 19.5. The average Bonchev–Trinajstić information content (AvgIpc) is 2.74. The Labute approximate surface area is 176 Å². The fourth-order valence-electron chi connectivity index (χ4n) is 4.14. The highest BCUT2D eigenvalue weighted by Gasteiger charge is 2.40. The van der Waals surface area contributed by atoms with Gasteiger partial charge in [-0.05, 0) is 45.4 Å². The van der Waals surface area contributed by atoms with Crippen molar-refractivity contribution >= 4 is 11.7 Å². The highest BCUT2D eigenvalue weighted by Crippen LogP contribution is 2.51.